The Balaban J connectivity index is 0.730. The van der Waals surface area contributed by atoms with Gasteiger partial charge in [-0.15, -0.1) is 11.0 Å². The van der Waals surface area contributed by atoms with Gasteiger partial charge in [-0.3, -0.25) is 28.8 Å². The van der Waals surface area contributed by atoms with Crippen molar-refractivity contribution in [1.29, 1.82) is 0 Å². The number of methoxy groups -OCH3 is 2. The van der Waals surface area contributed by atoms with Crippen molar-refractivity contribution in [3.63, 3.8) is 0 Å². The Morgan fingerprint density at radius 1 is 0.587 bits per heavy atom. The Hall–Kier alpha value is -7.22. The molecule has 2 heterocycles. The van der Waals surface area contributed by atoms with Gasteiger partial charge in [0.05, 0.1) is 96.3 Å². The summed E-state index contributed by atoms with van der Waals surface area (Å²) in [5.41, 5.74) is 8.02. The molecule has 2 aliphatic heterocycles. The number of ketones is 6. The van der Waals surface area contributed by atoms with Crippen LogP contribution in [0.15, 0.2) is 36.4 Å². The molecular weight excluding hydrogens is 1260 g/mol. The van der Waals surface area contributed by atoms with Crippen molar-refractivity contribution < 1.29 is 128 Å². The predicted octanol–water partition coefficient (Wildman–Crippen LogP) is -0.770. The van der Waals surface area contributed by atoms with Gasteiger partial charge in [0.2, 0.25) is 11.6 Å². The molecule has 4 aromatic carbocycles. The average Bonchev–Trinajstić information content (AvgIpc) is 0.718. The van der Waals surface area contributed by atoms with Crippen LogP contribution in [0.3, 0.4) is 0 Å². The highest BCUT2D eigenvalue weighted by Crippen LogP contribution is 2.55. The van der Waals surface area contributed by atoms with Crippen molar-refractivity contribution >= 4 is 68.2 Å². The van der Waals surface area contributed by atoms with E-state index in [-0.39, 0.29) is 80.4 Å². The number of carbonyl (C=O) groups is 8. The van der Waals surface area contributed by atoms with Gasteiger partial charge in [-0.05, 0) is 26.0 Å². The van der Waals surface area contributed by atoms with E-state index in [1.165, 1.54) is 64.5 Å². The lowest BCUT2D eigenvalue weighted by Crippen LogP contribution is -2.55. The number of nitrogens with two attached hydrogens (primary N) is 2. The van der Waals surface area contributed by atoms with Crippen LogP contribution in [0.2, 0.25) is 0 Å². The number of hydrogen-bond donors (Lipinski definition) is 14. The first-order chi connectivity index (χ1) is 43.6. The van der Waals surface area contributed by atoms with Crippen LogP contribution in [0.1, 0.15) is 138 Å². The molecule has 0 radical (unpaired) electrons. The van der Waals surface area contributed by atoms with Crippen LogP contribution in [-0.2, 0) is 60.6 Å². The zero-order valence-corrected chi connectivity index (χ0v) is 51.1. The first-order valence-electron chi connectivity index (χ1n) is 28.8. The zero-order chi connectivity index (χ0) is 66.7. The second-order valence-electron chi connectivity index (χ2n) is 23.1. The van der Waals surface area contributed by atoms with Crippen LogP contribution < -0.4 is 31.9 Å². The maximum absolute atomic E-state index is 14.1. The summed E-state index contributed by atoms with van der Waals surface area (Å²) in [6, 6.07) is 3.44. The number of aliphatic hydroxyl groups excluding tert-OH is 4. The Labute approximate surface area is 529 Å². The van der Waals surface area contributed by atoms with Crippen LogP contribution in [0.5, 0.6) is 34.5 Å². The summed E-state index contributed by atoms with van der Waals surface area (Å²) in [5.74, 6) is -11.2. The molecule has 8 unspecified atom stereocenters. The van der Waals surface area contributed by atoms with Gasteiger partial charge in [-0.2, -0.15) is 0 Å². The molecule has 30 nitrogen and oxygen atoms in total. The number of phenols is 4. The number of benzene rings is 4. The van der Waals surface area contributed by atoms with Crippen LogP contribution in [0.4, 0.5) is 0 Å². The van der Waals surface area contributed by atoms with Gasteiger partial charge in [0.25, 0.3) is 0 Å². The van der Waals surface area contributed by atoms with Crippen molar-refractivity contribution in [3.05, 3.63) is 103 Å². The number of rotatable bonds is 21. The van der Waals surface area contributed by atoms with E-state index in [9.17, 15) is 89.4 Å². The number of hydroxylamine groups is 2. The number of carbonyl (C=O) groups excluding carboxylic acids is 8. The topological polar surface area (TPSA) is 489 Å². The Bertz CT molecular complexity index is 3470. The van der Waals surface area contributed by atoms with Gasteiger partial charge in [0, 0.05) is 83.4 Å². The molecule has 16 N–H and O–H groups in total. The van der Waals surface area contributed by atoms with E-state index in [2.05, 4.69) is 11.0 Å². The summed E-state index contributed by atoms with van der Waals surface area (Å²) in [4.78, 5) is 119. The molecule has 32 heteroatoms. The molecule has 0 aromatic heterocycles. The third-order valence-corrected chi connectivity index (χ3v) is 19.8. The molecule has 14 atom stereocenters. The first kappa shape index (κ1) is 67.7. The standard InChI is InChI=1S/C60H66N4O26S2/c1-21-47(69)29(11-37(85-21)87-33-15-59(81,35(67)17-65)13-25-41(33)55(77)45-43(51(25)73)49(71)23-7-5-9-31(83-3)39(23)53(45)75)63-89-57(79)27(61)19-91-92-20-28(62)58(80)90-64-30-12-38(86-22(2)48(30)70)88-34-16-60(82,36(68)18-66)14-26-42(34)56(78)46-44(52(26)74)50(72)24-8-6-10-32(84-4)40(24)54(46)76/h5-10,21-22,27-30,33-34,37-38,47-48,63-66,69-70,73-74,77-78,81-82H,11-20,61-62H2,1-4H3/t21?,22?,27-,28-,29?,30?,33-,34-,37?,38?,47?,48?,59-,60-/m0/s1. The van der Waals surface area contributed by atoms with E-state index >= 15 is 0 Å². The van der Waals surface area contributed by atoms with Crippen molar-refractivity contribution in [2.24, 2.45) is 11.5 Å². The van der Waals surface area contributed by atoms with Gasteiger partial charge < -0.3 is 101 Å². The Kier molecular flexibility index (Phi) is 19.6. The summed E-state index contributed by atoms with van der Waals surface area (Å²) in [6.45, 7) is 0.576. The molecule has 6 aliphatic rings. The third-order valence-electron chi connectivity index (χ3n) is 17.3. The van der Waals surface area contributed by atoms with Crippen molar-refractivity contribution in [2.75, 3.05) is 38.9 Å². The first-order valence-corrected chi connectivity index (χ1v) is 31.3. The maximum atomic E-state index is 14.1. The van der Waals surface area contributed by atoms with E-state index in [4.69, 9.17) is 49.6 Å². The number of ether oxygens (including phenoxy) is 6. The lowest BCUT2D eigenvalue weighted by molar-refractivity contribution is -0.257. The zero-order valence-electron chi connectivity index (χ0n) is 49.4. The molecule has 0 spiro atoms. The van der Waals surface area contributed by atoms with Gasteiger partial charge in [-0.1, -0.05) is 45.9 Å². The minimum absolute atomic E-state index is 0.00292. The maximum Gasteiger partial charge on any atom is 0.342 e. The Morgan fingerprint density at radius 3 is 1.29 bits per heavy atom. The lowest BCUT2D eigenvalue weighted by atomic mass is 9.72. The molecule has 0 amide bonds. The van der Waals surface area contributed by atoms with Crippen molar-refractivity contribution in [2.45, 2.75) is 137 Å². The fourth-order valence-corrected chi connectivity index (χ4v) is 14.7. The van der Waals surface area contributed by atoms with Crippen LogP contribution >= 0.6 is 21.6 Å². The number of aromatic hydroxyl groups is 4. The van der Waals surface area contributed by atoms with E-state index in [1.54, 1.807) is 0 Å². The second kappa shape index (κ2) is 26.6. The van der Waals surface area contributed by atoms with Gasteiger partial charge in [0.1, 0.15) is 71.0 Å². The minimum Gasteiger partial charge on any atom is -0.507 e. The fraction of sp³-hybridized carbons (Fsp3) is 0.467. The van der Waals surface area contributed by atoms with Crippen LogP contribution in [0.25, 0.3) is 0 Å². The molecule has 0 bridgehead atoms. The number of aliphatic hydroxyl groups is 6. The smallest absolute Gasteiger partial charge is 0.342 e. The normalized spacial score (nSPS) is 27.9. The molecular formula is C60H66N4O26S2. The largest absolute Gasteiger partial charge is 0.507 e. The van der Waals surface area contributed by atoms with E-state index < -0.39 is 215 Å². The quantitative estimate of drug-likeness (QED) is 0.0182. The molecule has 494 valence electrons. The van der Waals surface area contributed by atoms with Crippen molar-refractivity contribution in [1.82, 2.24) is 11.0 Å². The highest BCUT2D eigenvalue weighted by molar-refractivity contribution is 8.76. The molecule has 92 heavy (non-hydrogen) atoms. The van der Waals surface area contributed by atoms with Crippen LogP contribution in [0, 0.1) is 0 Å². The summed E-state index contributed by atoms with van der Waals surface area (Å²) in [7, 11) is 4.57. The van der Waals surface area contributed by atoms with Gasteiger partial charge in [0.15, 0.2) is 35.7 Å². The predicted molar refractivity (Wildman–Crippen MR) is 314 cm³/mol. The Morgan fingerprint density at radius 2 is 0.946 bits per heavy atom. The second-order valence-corrected chi connectivity index (χ2v) is 25.6. The molecule has 2 saturated heterocycles. The van der Waals surface area contributed by atoms with E-state index in [0.29, 0.717) is 0 Å². The van der Waals surface area contributed by atoms with Crippen molar-refractivity contribution in [3.8, 4) is 34.5 Å². The fourth-order valence-electron chi connectivity index (χ4n) is 12.5. The molecule has 10 rings (SSSR count). The lowest BCUT2D eigenvalue weighted by Gasteiger charge is -2.42. The number of nitrogens with one attached hydrogen (secondary N) is 2. The number of hydrogen-bond acceptors (Lipinski definition) is 32. The molecule has 4 aliphatic carbocycles. The highest BCUT2D eigenvalue weighted by Gasteiger charge is 2.53. The third kappa shape index (κ3) is 12.1. The highest BCUT2D eigenvalue weighted by atomic mass is 33.1. The van der Waals surface area contributed by atoms with E-state index in [0.717, 1.165) is 21.6 Å². The SMILES string of the molecule is COc1cccc2c1C(=O)c1c(O)c3c(c(O)c1C2=O)C[C@@](O)(C(=O)CO)C[C@@H]3OC1CC(NOC(=O)[C@@H](N)CSSC[C@H](N)C(=O)ONC2CC(O[C@H]3C[C@](O)(C(=O)CO)Cc4c(O)c5c(c(O)c43)C(=O)c3c(OC)cccc3C5=O)OC(C)C2O)C(O)C(C)O1. The summed E-state index contributed by atoms with van der Waals surface area (Å²) in [5, 5.41) is 112. The average molecular weight is 1320 g/mol. The van der Waals surface area contributed by atoms with Gasteiger partial charge >= 0.3 is 11.9 Å². The number of fused-ring (bicyclic) bond motifs is 6. The summed E-state index contributed by atoms with van der Waals surface area (Å²) in [6.07, 6.45) is -14.3. The number of phenolic OH excluding ortho intramolecular Hbond substituents is 4. The minimum atomic E-state index is -2.44. The van der Waals surface area contributed by atoms with E-state index in [1.807, 2.05) is 0 Å². The van der Waals surface area contributed by atoms with Crippen LogP contribution in [-0.4, -0.2) is 209 Å². The monoisotopic (exact) mass is 1320 g/mol. The van der Waals surface area contributed by atoms with Gasteiger partial charge in [-0.25, -0.2) is 9.59 Å². The summed E-state index contributed by atoms with van der Waals surface area (Å²) >= 11 is 0. The molecule has 2 fully saturated rings. The molecule has 0 saturated carbocycles. The number of Topliss-reactive ketones (excluding diaryl/α,β-unsaturated/α-hetero) is 2. The molecule has 4 aromatic rings. The summed E-state index contributed by atoms with van der Waals surface area (Å²) < 4.78 is 35.0.